The van der Waals surface area contributed by atoms with Crippen LogP contribution in [0.4, 0.5) is 4.39 Å². The monoisotopic (exact) mass is 352 g/mol. The molecule has 0 aliphatic carbocycles. The van der Waals surface area contributed by atoms with E-state index in [-0.39, 0.29) is 11.2 Å². The van der Waals surface area contributed by atoms with Crippen LogP contribution in [-0.2, 0) is 0 Å². The number of halogens is 4. The Morgan fingerprint density at radius 1 is 1.35 bits per heavy atom. The Labute approximate surface area is 121 Å². The van der Waals surface area contributed by atoms with Gasteiger partial charge in [0.05, 0.1) is 5.38 Å². The van der Waals surface area contributed by atoms with Gasteiger partial charge in [-0.25, -0.2) is 4.39 Å². The number of benzene rings is 1. The van der Waals surface area contributed by atoms with Crippen LogP contribution in [0.5, 0.6) is 0 Å². The van der Waals surface area contributed by atoms with E-state index >= 15 is 0 Å². The first-order valence-electron chi connectivity index (χ1n) is 4.84. The minimum Gasteiger partial charge on any atom is -0.207 e. The van der Waals surface area contributed by atoms with E-state index in [1.807, 2.05) is 6.07 Å². The highest BCUT2D eigenvalue weighted by atomic mass is 79.9. The Bertz CT molecular complexity index is 534. The second kappa shape index (κ2) is 5.27. The molecule has 1 atom stereocenters. The smallest absolute Gasteiger partial charge is 0.126 e. The molecule has 0 aliphatic heterocycles. The Kier molecular flexibility index (Phi) is 4.14. The highest BCUT2D eigenvalue weighted by Crippen LogP contribution is 2.40. The van der Waals surface area contributed by atoms with Crippen LogP contribution in [0.1, 0.15) is 21.4 Å². The largest absolute Gasteiger partial charge is 0.207 e. The van der Waals surface area contributed by atoms with Crippen LogP contribution in [0.2, 0.25) is 4.34 Å². The zero-order valence-corrected chi connectivity index (χ0v) is 12.7. The fraction of sp³-hybridized carbons (Fsp3) is 0.167. The molecule has 5 heteroatoms. The van der Waals surface area contributed by atoms with Crippen molar-refractivity contribution in [2.24, 2.45) is 0 Å². The van der Waals surface area contributed by atoms with Crippen LogP contribution < -0.4 is 0 Å². The Morgan fingerprint density at radius 3 is 2.59 bits per heavy atom. The molecule has 1 unspecified atom stereocenters. The predicted molar refractivity (Wildman–Crippen MR) is 75.9 cm³/mol. The molecule has 1 aromatic heterocycles. The maximum absolute atomic E-state index is 13.2. The molecular weight excluding hydrogens is 346 g/mol. The van der Waals surface area contributed by atoms with Gasteiger partial charge in [0.15, 0.2) is 0 Å². The van der Waals surface area contributed by atoms with Gasteiger partial charge in [0.2, 0.25) is 0 Å². The average Bonchev–Trinajstić information content (AvgIpc) is 2.62. The minimum atomic E-state index is -0.303. The van der Waals surface area contributed by atoms with Gasteiger partial charge in [-0.2, -0.15) is 0 Å². The van der Waals surface area contributed by atoms with Crippen molar-refractivity contribution >= 4 is 50.5 Å². The van der Waals surface area contributed by atoms with E-state index in [0.29, 0.717) is 9.90 Å². The predicted octanol–water partition coefficient (Wildman–Crippen LogP) is 5.94. The van der Waals surface area contributed by atoms with Crippen molar-refractivity contribution in [1.29, 1.82) is 0 Å². The van der Waals surface area contributed by atoms with Crippen molar-refractivity contribution in [3.05, 3.63) is 54.9 Å². The maximum atomic E-state index is 13.2. The highest BCUT2D eigenvalue weighted by Gasteiger charge is 2.16. The first kappa shape index (κ1) is 13.3. The lowest BCUT2D eigenvalue weighted by molar-refractivity contribution is 0.617. The lowest BCUT2D eigenvalue weighted by atomic mass is 10.1. The van der Waals surface area contributed by atoms with Gasteiger partial charge in [-0.3, -0.25) is 0 Å². The van der Waals surface area contributed by atoms with Gasteiger partial charge in [0.1, 0.15) is 10.2 Å². The van der Waals surface area contributed by atoms with Crippen molar-refractivity contribution in [3.8, 4) is 0 Å². The highest BCUT2D eigenvalue weighted by molar-refractivity contribution is 9.10. The number of hydrogen-bond acceptors (Lipinski definition) is 1. The summed E-state index contributed by atoms with van der Waals surface area (Å²) in [6.07, 6.45) is 0. The first-order valence-corrected chi connectivity index (χ1v) is 7.26. The fourth-order valence-electron chi connectivity index (χ4n) is 1.48. The van der Waals surface area contributed by atoms with Gasteiger partial charge < -0.3 is 0 Å². The number of rotatable bonds is 2. The topological polar surface area (TPSA) is 0 Å². The van der Waals surface area contributed by atoms with E-state index in [1.54, 1.807) is 19.1 Å². The molecule has 0 amide bonds. The van der Waals surface area contributed by atoms with E-state index < -0.39 is 0 Å². The molecular formula is C12H8BrCl2FS. The summed E-state index contributed by atoms with van der Waals surface area (Å²) in [4.78, 5) is 0.939. The molecule has 17 heavy (non-hydrogen) atoms. The first-order chi connectivity index (χ1) is 7.99. The molecule has 90 valence electrons. The lowest BCUT2D eigenvalue weighted by Crippen LogP contribution is -1.92. The van der Waals surface area contributed by atoms with Gasteiger partial charge in [0, 0.05) is 9.35 Å². The van der Waals surface area contributed by atoms with Crippen LogP contribution in [0, 0.1) is 12.7 Å². The molecule has 2 aromatic rings. The molecule has 0 saturated heterocycles. The maximum Gasteiger partial charge on any atom is 0.126 e. The third-order valence-electron chi connectivity index (χ3n) is 2.39. The summed E-state index contributed by atoms with van der Waals surface area (Å²) in [5, 5.41) is -0.303. The number of aryl methyl sites for hydroxylation is 1. The summed E-state index contributed by atoms with van der Waals surface area (Å²) in [5.74, 6) is -0.219. The minimum absolute atomic E-state index is 0.219. The van der Waals surface area contributed by atoms with Crippen LogP contribution in [0.25, 0.3) is 0 Å². The third kappa shape index (κ3) is 2.84. The van der Waals surface area contributed by atoms with Crippen molar-refractivity contribution in [2.75, 3.05) is 0 Å². The van der Waals surface area contributed by atoms with E-state index in [4.69, 9.17) is 23.2 Å². The van der Waals surface area contributed by atoms with E-state index in [9.17, 15) is 4.39 Å². The normalized spacial score (nSPS) is 12.8. The SMILES string of the molecule is Cc1cc(C(Cl)c2cc(Br)c(Cl)s2)ccc1F. The molecule has 0 radical (unpaired) electrons. The van der Waals surface area contributed by atoms with Crippen LogP contribution >= 0.6 is 50.5 Å². The summed E-state index contributed by atoms with van der Waals surface area (Å²) < 4.78 is 14.7. The van der Waals surface area contributed by atoms with Crippen LogP contribution in [0.3, 0.4) is 0 Å². The second-order valence-electron chi connectivity index (χ2n) is 3.64. The Balaban J connectivity index is 2.36. The molecule has 1 aromatic carbocycles. The van der Waals surface area contributed by atoms with Crippen molar-refractivity contribution in [2.45, 2.75) is 12.3 Å². The molecule has 0 saturated carbocycles. The standard InChI is InChI=1S/C12H8BrCl2FS/c1-6-4-7(2-3-9(6)16)11(14)10-5-8(13)12(15)17-10/h2-5,11H,1H3. The molecule has 0 nitrogen and oxygen atoms in total. The average molecular weight is 354 g/mol. The number of thiophene rings is 1. The molecule has 0 aliphatic rings. The van der Waals surface area contributed by atoms with Crippen molar-refractivity contribution in [3.63, 3.8) is 0 Å². The molecule has 0 fully saturated rings. The van der Waals surface area contributed by atoms with Gasteiger partial charge in [-0.05, 0) is 46.1 Å². The fourth-order valence-corrected chi connectivity index (χ4v) is 3.55. The van der Waals surface area contributed by atoms with Crippen molar-refractivity contribution in [1.82, 2.24) is 0 Å². The van der Waals surface area contributed by atoms with Crippen LogP contribution in [0.15, 0.2) is 28.7 Å². The quantitative estimate of drug-likeness (QED) is 0.586. The number of alkyl halides is 1. The second-order valence-corrected chi connectivity index (χ2v) is 6.62. The van der Waals surface area contributed by atoms with Gasteiger partial charge in [-0.15, -0.1) is 22.9 Å². The van der Waals surface area contributed by atoms with E-state index in [2.05, 4.69) is 15.9 Å². The summed E-state index contributed by atoms with van der Waals surface area (Å²) in [6.45, 7) is 1.72. The van der Waals surface area contributed by atoms with Crippen molar-refractivity contribution < 1.29 is 4.39 Å². The molecule has 0 N–H and O–H groups in total. The van der Waals surface area contributed by atoms with Gasteiger partial charge in [-0.1, -0.05) is 23.7 Å². The summed E-state index contributed by atoms with van der Waals surface area (Å²) in [7, 11) is 0. The van der Waals surface area contributed by atoms with E-state index in [0.717, 1.165) is 14.9 Å². The number of hydrogen-bond donors (Lipinski definition) is 0. The third-order valence-corrected chi connectivity index (χ3v) is 5.54. The van der Waals surface area contributed by atoms with Gasteiger partial charge in [0.25, 0.3) is 0 Å². The molecule has 2 rings (SSSR count). The Hall–Kier alpha value is -0.0900. The zero-order chi connectivity index (χ0) is 12.6. The molecule has 0 bridgehead atoms. The summed E-state index contributed by atoms with van der Waals surface area (Å²) in [5.41, 5.74) is 1.46. The molecule has 1 heterocycles. The lowest BCUT2D eigenvalue weighted by Gasteiger charge is -2.08. The van der Waals surface area contributed by atoms with E-state index in [1.165, 1.54) is 17.4 Å². The molecule has 0 spiro atoms. The van der Waals surface area contributed by atoms with Gasteiger partial charge >= 0.3 is 0 Å². The zero-order valence-electron chi connectivity index (χ0n) is 8.81. The Morgan fingerprint density at radius 2 is 2.06 bits per heavy atom. The van der Waals surface area contributed by atoms with Crippen LogP contribution in [-0.4, -0.2) is 0 Å². The summed E-state index contributed by atoms with van der Waals surface area (Å²) in [6, 6.07) is 6.78. The summed E-state index contributed by atoms with van der Waals surface area (Å²) >= 11 is 17.1.